The molecule has 1 aromatic rings. The number of rotatable bonds is 3. The van der Waals surface area contributed by atoms with Gasteiger partial charge in [-0.1, -0.05) is 6.07 Å². The highest BCUT2D eigenvalue weighted by Crippen LogP contribution is 2.31. The lowest BCUT2D eigenvalue weighted by molar-refractivity contribution is 0.282. The molecule has 1 heterocycles. The molecule has 0 unspecified atom stereocenters. The van der Waals surface area contributed by atoms with E-state index in [4.69, 9.17) is 14.3 Å². The fourth-order valence-electron chi connectivity index (χ4n) is 2.09. The van der Waals surface area contributed by atoms with Crippen LogP contribution < -0.4 is 10.2 Å². The zero-order chi connectivity index (χ0) is 14.1. The molecule has 0 aromatic heterocycles. The molecule has 1 aliphatic heterocycles. The number of aliphatic hydroxyl groups is 1. The number of hydrogen-bond acceptors (Lipinski definition) is 5. The Morgan fingerprint density at radius 3 is 2.90 bits per heavy atom. The first kappa shape index (κ1) is 12.6. The van der Waals surface area contributed by atoms with E-state index in [1.165, 1.54) is 12.1 Å². The van der Waals surface area contributed by atoms with Gasteiger partial charge in [-0.25, -0.2) is 4.98 Å². The van der Waals surface area contributed by atoms with Crippen LogP contribution in [0.1, 0.15) is 12.5 Å². The van der Waals surface area contributed by atoms with Crippen molar-refractivity contribution in [3.05, 3.63) is 46.1 Å². The van der Waals surface area contributed by atoms with E-state index in [2.05, 4.69) is 4.98 Å². The van der Waals surface area contributed by atoms with Crippen LogP contribution in [0.15, 0.2) is 39.5 Å². The monoisotopic (exact) mass is 271 g/mol. The summed E-state index contributed by atoms with van der Waals surface area (Å²) in [5.41, 5.74) is 2.25. The Balaban J connectivity index is 2.32. The summed E-state index contributed by atoms with van der Waals surface area (Å²) >= 11 is 0. The number of nitrogens with zero attached hydrogens (tertiary/aromatic N) is 1. The number of hydrogen-bond donors (Lipinski definition) is 1. The first-order valence-electron chi connectivity index (χ1n) is 6.32. The second-order valence-electron chi connectivity index (χ2n) is 4.38. The number of aromatic nitrogens is 1. The van der Waals surface area contributed by atoms with Crippen LogP contribution in [0, 0.1) is 0 Å². The van der Waals surface area contributed by atoms with Gasteiger partial charge in [-0.2, -0.15) is 0 Å². The third kappa shape index (κ3) is 2.12. The van der Waals surface area contributed by atoms with Crippen molar-refractivity contribution < 1.29 is 14.3 Å². The zero-order valence-electron chi connectivity index (χ0n) is 10.9. The fraction of sp³-hybridized carbons (Fsp3) is 0.200. The Bertz CT molecular complexity index is 794. The normalized spacial score (nSPS) is 11.1. The molecule has 1 aliphatic carbocycles. The van der Waals surface area contributed by atoms with Crippen LogP contribution in [0.3, 0.4) is 0 Å². The topological polar surface area (TPSA) is 72.6 Å². The van der Waals surface area contributed by atoms with Gasteiger partial charge in [-0.05, 0) is 24.6 Å². The van der Waals surface area contributed by atoms with E-state index in [1.54, 1.807) is 18.2 Å². The van der Waals surface area contributed by atoms with Crippen molar-refractivity contribution in [2.24, 2.45) is 0 Å². The molecule has 20 heavy (non-hydrogen) atoms. The fourth-order valence-corrected chi connectivity index (χ4v) is 2.09. The molecular formula is C15H13NO4. The molecule has 0 fully saturated rings. The van der Waals surface area contributed by atoms with Gasteiger partial charge in [-0.3, -0.25) is 4.79 Å². The van der Waals surface area contributed by atoms with E-state index < -0.39 is 0 Å². The van der Waals surface area contributed by atoms with E-state index in [1.807, 2.05) is 6.92 Å². The maximum absolute atomic E-state index is 11.6. The van der Waals surface area contributed by atoms with E-state index in [9.17, 15) is 4.79 Å². The van der Waals surface area contributed by atoms with Crippen molar-refractivity contribution in [1.29, 1.82) is 0 Å². The zero-order valence-corrected chi connectivity index (χ0v) is 10.9. The molecule has 0 atom stereocenters. The smallest absolute Gasteiger partial charge is 0.186 e. The summed E-state index contributed by atoms with van der Waals surface area (Å²) in [5, 5.41) is 9.16. The van der Waals surface area contributed by atoms with E-state index >= 15 is 0 Å². The van der Waals surface area contributed by atoms with Gasteiger partial charge in [0, 0.05) is 12.1 Å². The van der Waals surface area contributed by atoms with Gasteiger partial charge in [0.15, 0.2) is 22.5 Å². The van der Waals surface area contributed by atoms with Crippen molar-refractivity contribution in [1.82, 2.24) is 4.98 Å². The number of fused-ring (bicyclic) bond motifs is 2. The van der Waals surface area contributed by atoms with Gasteiger partial charge in [-0.15, -0.1) is 0 Å². The minimum atomic E-state index is -0.183. The molecule has 1 N–H and O–H groups in total. The van der Waals surface area contributed by atoms with Crippen LogP contribution in [0.4, 0.5) is 0 Å². The van der Waals surface area contributed by atoms with Crippen LogP contribution in [-0.4, -0.2) is 16.7 Å². The highest BCUT2D eigenvalue weighted by molar-refractivity contribution is 5.78. The highest BCUT2D eigenvalue weighted by Gasteiger charge is 2.16. The summed E-state index contributed by atoms with van der Waals surface area (Å²) in [6.07, 6.45) is 0. The van der Waals surface area contributed by atoms with E-state index in [0.717, 1.165) is 5.56 Å². The largest absolute Gasteiger partial charge is 0.491 e. The van der Waals surface area contributed by atoms with E-state index in [0.29, 0.717) is 34.9 Å². The molecule has 1 aromatic carbocycles. The molecule has 0 amide bonds. The van der Waals surface area contributed by atoms with Crippen LogP contribution >= 0.6 is 0 Å². The second-order valence-corrected chi connectivity index (χ2v) is 4.38. The quantitative estimate of drug-likeness (QED) is 0.739. The van der Waals surface area contributed by atoms with Gasteiger partial charge >= 0.3 is 0 Å². The van der Waals surface area contributed by atoms with Crippen molar-refractivity contribution in [2.75, 3.05) is 6.61 Å². The third-order valence-electron chi connectivity index (χ3n) is 2.97. The SMILES string of the molecule is CCOc1cc(=O)cc2oc3ccc(CO)cc3nc1-2. The Morgan fingerprint density at radius 2 is 2.15 bits per heavy atom. The molecular weight excluding hydrogens is 258 g/mol. The van der Waals surface area contributed by atoms with Crippen LogP contribution in [0.5, 0.6) is 5.75 Å². The Kier molecular flexibility index (Phi) is 3.12. The Labute approximate surface area is 114 Å². The van der Waals surface area contributed by atoms with Gasteiger partial charge in [0.1, 0.15) is 11.2 Å². The Morgan fingerprint density at radius 1 is 1.30 bits per heavy atom. The number of benzene rings is 2. The molecule has 0 saturated carbocycles. The van der Waals surface area contributed by atoms with Crippen molar-refractivity contribution in [2.45, 2.75) is 13.5 Å². The second kappa shape index (κ2) is 4.94. The molecule has 3 rings (SSSR count). The molecule has 5 heteroatoms. The summed E-state index contributed by atoms with van der Waals surface area (Å²) in [6.45, 7) is 2.22. The number of aliphatic hydroxyl groups excluding tert-OH is 1. The molecule has 0 radical (unpaired) electrons. The summed E-state index contributed by atoms with van der Waals surface area (Å²) in [4.78, 5) is 16.1. The lowest BCUT2D eigenvalue weighted by Gasteiger charge is -2.11. The molecule has 0 bridgehead atoms. The third-order valence-corrected chi connectivity index (χ3v) is 2.97. The van der Waals surface area contributed by atoms with Gasteiger partial charge < -0.3 is 14.3 Å². The minimum absolute atomic E-state index is 0.0620. The van der Waals surface area contributed by atoms with Crippen molar-refractivity contribution in [3.8, 4) is 17.2 Å². The first-order valence-corrected chi connectivity index (χ1v) is 6.32. The molecule has 0 spiro atoms. The average molecular weight is 271 g/mol. The maximum Gasteiger partial charge on any atom is 0.186 e. The molecule has 2 aliphatic rings. The van der Waals surface area contributed by atoms with Gasteiger partial charge in [0.05, 0.1) is 13.2 Å². The minimum Gasteiger partial charge on any atom is -0.491 e. The van der Waals surface area contributed by atoms with Gasteiger partial charge in [0.2, 0.25) is 0 Å². The van der Waals surface area contributed by atoms with Gasteiger partial charge in [0.25, 0.3) is 0 Å². The lowest BCUT2D eigenvalue weighted by Crippen LogP contribution is -2.05. The number of ether oxygens (including phenoxy) is 1. The molecule has 0 saturated heterocycles. The lowest BCUT2D eigenvalue weighted by atomic mass is 10.1. The summed E-state index contributed by atoms with van der Waals surface area (Å²) in [5.74, 6) is 0.806. The first-order chi connectivity index (χ1) is 9.71. The Hall–Kier alpha value is -2.40. The predicted molar refractivity (Wildman–Crippen MR) is 74.0 cm³/mol. The summed E-state index contributed by atoms with van der Waals surface area (Å²) in [6, 6.07) is 8.02. The standard InChI is InChI=1S/C15H13NO4/c1-2-19-13-6-10(18)7-14-15(13)16-11-5-9(8-17)3-4-12(11)20-14/h3-7,17H,2,8H2,1H3. The summed E-state index contributed by atoms with van der Waals surface area (Å²) < 4.78 is 11.1. The predicted octanol–water partition coefficient (Wildman–Crippen LogP) is 2.18. The van der Waals surface area contributed by atoms with Crippen molar-refractivity contribution in [3.63, 3.8) is 0 Å². The van der Waals surface area contributed by atoms with Crippen LogP contribution in [-0.2, 0) is 6.61 Å². The highest BCUT2D eigenvalue weighted by atomic mass is 16.5. The molecule has 5 nitrogen and oxygen atoms in total. The molecule has 102 valence electrons. The maximum atomic E-state index is 11.6. The van der Waals surface area contributed by atoms with Crippen molar-refractivity contribution >= 4 is 11.1 Å². The van der Waals surface area contributed by atoms with E-state index in [-0.39, 0.29) is 12.0 Å². The average Bonchev–Trinajstić information content (AvgIpc) is 2.45. The van der Waals surface area contributed by atoms with Crippen LogP contribution in [0.25, 0.3) is 22.6 Å². The van der Waals surface area contributed by atoms with Crippen LogP contribution in [0.2, 0.25) is 0 Å². The summed E-state index contributed by atoms with van der Waals surface area (Å²) in [7, 11) is 0.